The Hall–Kier alpha value is -2.49. The van der Waals surface area contributed by atoms with E-state index in [4.69, 9.17) is 4.74 Å². The Bertz CT molecular complexity index is 609. The van der Waals surface area contributed by atoms with Crippen LogP contribution in [0.25, 0.3) is 0 Å². The summed E-state index contributed by atoms with van der Waals surface area (Å²) < 4.78 is 5.15. The molecule has 4 nitrogen and oxygen atoms in total. The van der Waals surface area contributed by atoms with E-state index in [-0.39, 0.29) is 12.4 Å². The molecular weight excluding hydrogens is 254 g/mol. The van der Waals surface area contributed by atoms with Gasteiger partial charge in [-0.25, -0.2) is 4.79 Å². The van der Waals surface area contributed by atoms with Gasteiger partial charge in [0.1, 0.15) is 12.4 Å². The van der Waals surface area contributed by atoms with E-state index in [1.165, 1.54) is 0 Å². The number of anilines is 1. The molecule has 0 aliphatic heterocycles. The minimum Gasteiger partial charge on any atom is -0.508 e. The molecule has 20 heavy (non-hydrogen) atoms. The van der Waals surface area contributed by atoms with Gasteiger partial charge < -0.3 is 9.84 Å². The zero-order valence-corrected chi connectivity index (χ0v) is 11.5. The molecule has 0 heterocycles. The lowest BCUT2D eigenvalue weighted by atomic mass is 10.1. The molecule has 0 bridgehead atoms. The van der Waals surface area contributed by atoms with Crippen molar-refractivity contribution in [2.75, 3.05) is 5.32 Å². The molecule has 0 unspecified atom stereocenters. The number of phenols is 1. The van der Waals surface area contributed by atoms with Gasteiger partial charge in [0.15, 0.2) is 0 Å². The van der Waals surface area contributed by atoms with Crippen LogP contribution in [0.5, 0.6) is 5.75 Å². The van der Waals surface area contributed by atoms with Crippen LogP contribution in [0.2, 0.25) is 0 Å². The lowest BCUT2D eigenvalue weighted by Crippen LogP contribution is -2.15. The number of amides is 1. The van der Waals surface area contributed by atoms with Crippen LogP contribution in [0, 0.1) is 13.8 Å². The van der Waals surface area contributed by atoms with Gasteiger partial charge in [-0.05, 0) is 31.0 Å². The first-order valence-corrected chi connectivity index (χ1v) is 6.35. The number of phenolic OH excluding ortho intramolecular Hbond substituents is 1. The highest BCUT2D eigenvalue weighted by atomic mass is 16.5. The number of hydrogen-bond acceptors (Lipinski definition) is 3. The fourth-order valence-electron chi connectivity index (χ4n) is 1.89. The second-order valence-electron chi connectivity index (χ2n) is 4.59. The molecule has 4 heteroatoms. The molecule has 2 rings (SSSR count). The van der Waals surface area contributed by atoms with Crippen LogP contribution in [0.4, 0.5) is 10.5 Å². The zero-order chi connectivity index (χ0) is 14.5. The molecule has 0 saturated heterocycles. The van der Waals surface area contributed by atoms with Crippen molar-refractivity contribution < 1.29 is 14.6 Å². The Labute approximate surface area is 118 Å². The Morgan fingerprint density at radius 1 is 1.15 bits per heavy atom. The molecule has 0 fully saturated rings. The topological polar surface area (TPSA) is 58.6 Å². The van der Waals surface area contributed by atoms with E-state index in [1.54, 1.807) is 19.1 Å². The molecule has 0 aliphatic carbocycles. The molecular formula is C16H17NO3. The quantitative estimate of drug-likeness (QED) is 0.893. The maximum atomic E-state index is 11.8. The Morgan fingerprint density at radius 3 is 2.55 bits per heavy atom. The van der Waals surface area contributed by atoms with Crippen LogP contribution in [0.15, 0.2) is 42.5 Å². The summed E-state index contributed by atoms with van der Waals surface area (Å²) in [7, 11) is 0. The minimum atomic E-state index is -0.536. The first-order valence-electron chi connectivity index (χ1n) is 6.35. The maximum absolute atomic E-state index is 11.8. The van der Waals surface area contributed by atoms with Crippen LogP contribution < -0.4 is 5.32 Å². The molecule has 0 aromatic heterocycles. The average molecular weight is 271 g/mol. The molecule has 0 radical (unpaired) electrons. The van der Waals surface area contributed by atoms with Crippen molar-refractivity contribution >= 4 is 11.8 Å². The summed E-state index contributed by atoms with van der Waals surface area (Å²) in [6, 6.07) is 12.8. The van der Waals surface area contributed by atoms with E-state index in [1.807, 2.05) is 37.3 Å². The highest BCUT2D eigenvalue weighted by Gasteiger charge is 2.11. The van der Waals surface area contributed by atoms with Gasteiger partial charge in [-0.3, -0.25) is 5.32 Å². The van der Waals surface area contributed by atoms with Gasteiger partial charge in [0.25, 0.3) is 0 Å². The third-order valence-corrected chi connectivity index (χ3v) is 3.08. The summed E-state index contributed by atoms with van der Waals surface area (Å²) in [6.45, 7) is 3.82. The predicted molar refractivity (Wildman–Crippen MR) is 77.8 cm³/mol. The molecule has 0 atom stereocenters. The smallest absolute Gasteiger partial charge is 0.411 e. The number of carbonyl (C=O) groups is 1. The van der Waals surface area contributed by atoms with Crippen LogP contribution in [-0.4, -0.2) is 11.2 Å². The largest absolute Gasteiger partial charge is 0.508 e. The summed E-state index contributed by atoms with van der Waals surface area (Å²) in [4.78, 5) is 11.8. The summed E-state index contributed by atoms with van der Waals surface area (Å²) in [5.74, 6) is 0.147. The van der Waals surface area contributed by atoms with Crippen LogP contribution in [-0.2, 0) is 11.3 Å². The zero-order valence-electron chi connectivity index (χ0n) is 11.5. The number of aromatic hydroxyl groups is 1. The van der Waals surface area contributed by atoms with Gasteiger partial charge in [-0.2, -0.15) is 0 Å². The second kappa shape index (κ2) is 6.10. The third-order valence-electron chi connectivity index (χ3n) is 3.08. The van der Waals surface area contributed by atoms with E-state index in [0.29, 0.717) is 11.3 Å². The van der Waals surface area contributed by atoms with Gasteiger partial charge in [0.05, 0.1) is 5.69 Å². The summed E-state index contributed by atoms with van der Waals surface area (Å²) in [6.07, 6.45) is -0.536. The highest BCUT2D eigenvalue weighted by molar-refractivity contribution is 5.87. The van der Waals surface area contributed by atoms with Gasteiger partial charge in [-0.1, -0.05) is 36.4 Å². The normalized spacial score (nSPS) is 10.1. The van der Waals surface area contributed by atoms with Crippen molar-refractivity contribution in [3.63, 3.8) is 0 Å². The molecule has 2 aromatic rings. The number of benzene rings is 2. The lowest BCUT2D eigenvalue weighted by Gasteiger charge is -2.13. The number of rotatable bonds is 3. The number of aryl methyl sites for hydroxylation is 1. The molecule has 104 valence electrons. The second-order valence-corrected chi connectivity index (χ2v) is 4.59. The van der Waals surface area contributed by atoms with E-state index >= 15 is 0 Å². The average Bonchev–Trinajstić information content (AvgIpc) is 2.46. The van der Waals surface area contributed by atoms with E-state index in [2.05, 4.69) is 5.32 Å². The molecule has 2 aromatic carbocycles. The van der Waals surface area contributed by atoms with Crippen molar-refractivity contribution in [3.8, 4) is 5.75 Å². The summed E-state index contributed by atoms with van der Waals surface area (Å²) >= 11 is 0. The van der Waals surface area contributed by atoms with E-state index < -0.39 is 6.09 Å². The van der Waals surface area contributed by atoms with Crippen molar-refractivity contribution in [1.29, 1.82) is 0 Å². The summed E-state index contributed by atoms with van der Waals surface area (Å²) in [5, 5.41) is 12.3. The number of hydrogen-bond donors (Lipinski definition) is 2. The number of ether oxygens (including phenoxy) is 1. The highest BCUT2D eigenvalue weighted by Crippen LogP contribution is 2.28. The van der Waals surface area contributed by atoms with Crippen molar-refractivity contribution in [2.45, 2.75) is 20.5 Å². The fraction of sp³-hybridized carbons (Fsp3) is 0.188. The maximum Gasteiger partial charge on any atom is 0.411 e. The van der Waals surface area contributed by atoms with Gasteiger partial charge in [0.2, 0.25) is 0 Å². The van der Waals surface area contributed by atoms with Gasteiger partial charge >= 0.3 is 6.09 Å². The van der Waals surface area contributed by atoms with Gasteiger partial charge in [-0.15, -0.1) is 0 Å². The lowest BCUT2D eigenvalue weighted by molar-refractivity contribution is 0.155. The van der Waals surface area contributed by atoms with Crippen molar-refractivity contribution in [3.05, 3.63) is 59.2 Å². The van der Waals surface area contributed by atoms with Gasteiger partial charge in [0, 0.05) is 5.56 Å². The molecule has 1 amide bonds. The summed E-state index contributed by atoms with van der Waals surface area (Å²) in [5.41, 5.74) is 3.01. The van der Waals surface area contributed by atoms with E-state index in [9.17, 15) is 9.90 Å². The van der Waals surface area contributed by atoms with Crippen LogP contribution >= 0.6 is 0 Å². The Morgan fingerprint density at radius 2 is 1.85 bits per heavy atom. The van der Waals surface area contributed by atoms with E-state index in [0.717, 1.165) is 11.1 Å². The standard InChI is InChI=1S/C16H17NO3/c1-11-8-9-14(18)12(2)15(11)17-16(19)20-10-13-6-4-3-5-7-13/h3-9,18H,10H2,1-2H3,(H,17,19). The molecule has 0 spiro atoms. The Balaban J connectivity index is 2.00. The SMILES string of the molecule is Cc1ccc(O)c(C)c1NC(=O)OCc1ccccc1. The molecule has 2 N–H and O–H groups in total. The number of nitrogens with one attached hydrogen (secondary N) is 1. The first kappa shape index (κ1) is 13.9. The minimum absolute atomic E-state index is 0.147. The molecule has 0 aliphatic rings. The fourth-order valence-corrected chi connectivity index (χ4v) is 1.89. The Kier molecular flexibility index (Phi) is 4.25. The first-order chi connectivity index (χ1) is 9.58. The van der Waals surface area contributed by atoms with Crippen LogP contribution in [0.1, 0.15) is 16.7 Å². The monoisotopic (exact) mass is 271 g/mol. The number of carbonyl (C=O) groups excluding carboxylic acids is 1. The third kappa shape index (κ3) is 3.29. The molecule has 0 saturated carbocycles. The van der Waals surface area contributed by atoms with Crippen molar-refractivity contribution in [1.82, 2.24) is 0 Å². The van der Waals surface area contributed by atoms with Crippen molar-refractivity contribution in [2.24, 2.45) is 0 Å². The van der Waals surface area contributed by atoms with Crippen LogP contribution in [0.3, 0.4) is 0 Å². The predicted octanol–water partition coefficient (Wildman–Crippen LogP) is 3.76.